The summed E-state index contributed by atoms with van der Waals surface area (Å²) in [5, 5.41) is -0.404. The molecule has 0 aliphatic rings. The molecule has 170 valence electrons. The molecule has 0 aromatic heterocycles. The Morgan fingerprint density at radius 3 is 1.32 bits per heavy atom. The van der Waals surface area contributed by atoms with E-state index in [1.54, 1.807) is 0 Å². The molecular weight excluding hydrogens is 524 g/mol. The first kappa shape index (κ1) is 30.3. The average Bonchev–Trinajstić information content (AvgIpc) is 2.61. The molecule has 0 saturated carbocycles. The largest absolute Gasteiger partial charge is 0.123 e. The normalized spacial score (nSPS) is 20.8. The second-order valence-electron chi connectivity index (χ2n) is 7.63. The monoisotopic (exact) mass is 554 g/mol. The van der Waals surface area contributed by atoms with Gasteiger partial charge in [0.15, 0.2) is 0 Å². The molecule has 0 aromatic carbocycles. The first-order valence-corrected chi connectivity index (χ1v) is 13.7. The van der Waals surface area contributed by atoms with Crippen LogP contribution in [-0.4, -0.2) is 43.0 Å². The highest BCUT2D eigenvalue weighted by atomic mass is 35.5. The van der Waals surface area contributed by atoms with Gasteiger partial charge in [-0.2, -0.15) is 0 Å². The smallest absolute Gasteiger partial charge is 0.0513 e. The fourth-order valence-corrected chi connectivity index (χ4v) is 5.45. The van der Waals surface area contributed by atoms with E-state index in [0.717, 1.165) is 51.4 Å². The van der Waals surface area contributed by atoms with E-state index in [1.807, 2.05) is 6.92 Å². The lowest BCUT2D eigenvalue weighted by atomic mass is 10.0. The molecule has 0 saturated heterocycles. The van der Waals surface area contributed by atoms with Crippen molar-refractivity contribution in [2.75, 3.05) is 0 Å². The van der Waals surface area contributed by atoms with Crippen molar-refractivity contribution < 1.29 is 0 Å². The van der Waals surface area contributed by atoms with Crippen molar-refractivity contribution in [1.29, 1.82) is 0 Å². The zero-order valence-corrected chi connectivity index (χ0v) is 22.8. The topological polar surface area (TPSA) is 0 Å². The van der Waals surface area contributed by atoms with Crippen molar-refractivity contribution in [1.82, 2.24) is 0 Å². The van der Waals surface area contributed by atoms with Gasteiger partial charge in [-0.25, -0.2) is 0 Å². The lowest BCUT2D eigenvalue weighted by Crippen LogP contribution is -2.22. The summed E-state index contributed by atoms with van der Waals surface area (Å²) >= 11 is 50.6. The van der Waals surface area contributed by atoms with Crippen LogP contribution in [0.15, 0.2) is 0 Å². The number of rotatable bonds is 17. The molecule has 0 heterocycles. The Labute approximate surface area is 212 Å². The molecule has 0 rings (SSSR count). The molecule has 0 aliphatic heterocycles. The third kappa shape index (κ3) is 16.0. The van der Waals surface area contributed by atoms with Crippen molar-refractivity contribution >= 4 is 92.8 Å². The van der Waals surface area contributed by atoms with Crippen LogP contribution in [0.4, 0.5) is 0 Å². The van der Waals surface area contributed by atoms with Crippen molar-refractivity contribution in [2.24, 2.45) is 0 Å². The zero-order valence-electron chi connectivity index (χ0n) is 16.7. The Morgan fingerprint density at radius 2 is 0.857 bits per heavy atom. The van der Waals surface area contributed by atoms with Crippen LogP contribution in [0.3, 0.4) is 0 Å². The predicted molar refractivity (Wildman–Crippen MR) is 135 cm³/mol. The lowest BCUT2D eigenvalue weighted by molar-refractivity contribution is 0.544. The SMILES string of the molecule is CCCC(Cl)CCC(Cl)CC(Cl)C(Cl)CCC(Cl)CCC(Cl)C(Cl)CC(C)Cl. The summed E-state index contributed by atoms with van der Waals surface area (Å²) in [5.74, 6) is 0. The Bertz CT molecular complexity index is 368. The van der Waals surface area contributed by atoms with Gasteiger partial charge in [0.1, 0.15) is 0 Å². The molecule has 0 spiro atoms. The van der Waals surface area contributed by atoms with Gasteiger partial charge in [-0.05, 0) is 64.7 Å². The summed E-state index contributed by atoms with van der Waals surface area (Å²) in [5.41, 5.74) is 0. The maximum Gasteiger partial charge on any atom is 0.0513 e. The van der Waals surface area contributed by atoms with Gasteiger partial charge in [0.2, 0.25) is 0 Å². The third-order valence-corrected chi connectivity index (χ3v) is 8.44. The molecule has 8 unspecified atom stereocenters. The Balaban J connectivity index is 4.02. The first-order chi connectivity index (χ1) is 13.1. The third-order valence-electron chi connectivity index (χ3n) is 4.72. The Kier molecular flexibility index (Phi) is 19.3. The Hall–Kier alpha value is 2.32. The highest BCUT2D eigenvalue weighted by molar-refractivity contribution is 6.31. The summed E-state index contributed by atoms with van der Waals surface area (Å²) in [6, 6.07) is 0. The lowest BCUT2D eigenvalue weighted by Gasteiger charge is -2.21. The molecule has 0 aromatic rings. The van der Waals surface area contributed by atoms with Gasteiger partial charge >= 0.3 is 0 Å². The van der Waals surface area contributed by atoms with Gasteiger partial charge in [0, 0.05) is 21.5 Å². The maximum absolute atomic E-state index is 6.47. The summed E-state index contributed by atoms with van der Waals surface area (Å²) in [6.45, 7) is 4.05. The van der Waals surface area contributed by atoms with E-state index in [2.05, 4.69) is 6.92 Å². The molecule has 0 bridgehead atoms. The Morgan fingerprint density at radius 1 is 0.464 bits per heavy atom. The zero-order chi connectivity index (χ0) is 21.7. The molecule has 0 fully saturated rings. The van der Waals surface area contributed by atoms with Gasteiger partial charge in [-0.3, -0.25) is 0 Å². The minimum Gasteiger partial charge on any atom is -0.123 e. The number of alkyl halides is 8. The number of halogens is 8. The van der Waals surface area contributed by atoms with E-state index < -0.39 is 0 Å². The molecule has 0 radical (unpaired) electrons. The summed E-state index contributed by atoms with van der Waals surface area (Å²) in [4.78, 5) is 0. The fourth-order valence-electron chi connectivity index (χ4n) is 2.97. The van der Waals surface area contributed by atoms with Crippen molar-refractivity contribution in [2.45, 2.75) is 121 Å². The quantitative estimate of drug-likeness (QED) is 0.156. The van der Waals surface area contributed by atoms with Gasteiger partial charge < -0.3 is 0 Å². The summed E-state index contributed by atoms with van der Waals surface area (Å²) < 4.78 is 0. The van der Waals surface area contributed by atoms with Crippen LogP contribution in [-0.2, 0) is 0 Å². The van der Waals surface area contributed by atoms with E-state index in [0.29, 0.717) is 12.8 Å². The highest BCUT2D eigenvalue weighted by Crippen LogP contribution is 2.28. The summed E-state index contributed by atoms with van der Waals surface area (Å²) in [6.07, 6.45) is 8.31. The van der Waals surface area contributed by atoms with E-state index >= 15 is 0 Å². The molecular formula is C20H34Cl8. The second-order valence-corrected chi connectivity index (χ2v) is 12.5. The van der Waals surface area contributed by atoms with Gasteiger partial charge in [-0.1, -0.05) is 13.3 Å². The molecule has 0 aliphatic carbocycles. The van der Waals surface area contributed by atoms with Gasteiger partial charge in [0.25, 0.3) is 0 Å². The summed E-state index contributed by atoms with van der Waals surface area (Å²) in [7, 11) is 0. The predicted octanol–water partition coefficient (Wildman–Crippen LogP) is 9.79. The van der Waals surface area contributed by atoms with Gasteiger partial charge in [0.05, 0.1) is 21.5 Å². The first-order valence-electron chi connectivity index (χ1n) is 10.2. The van der Waals surface area contributed by atoms with E-state index in [-0.39, 0.29) is 43.0 Å². The van der Waals surface area contributed by atoms with E-state index in [1.165, 1.54) is 0 Å². The van der Waals surface area contributed by atoms with Crippen LogP contribution in [0.5, 0.6) is 0 Å². The van der Waals surface area contributed by atoms with Crippen molar-refractivity contribution in [3.8, 4) is 0 Å². The van der Waals surface area contributed by atoms with Crippen LogP contribution in [0.2, 0.25) is 0 Å². The molecule has 0 N–H and O–H groups in total. The number of hydrogen-bond acceptors (Lipinski definition) is 0. The van der Waals surface area contributed by atoms with Crippen LogP contribution in [0.1, 0.15) is 78.1 Å². The molecule has 8 heteroatoms. The second kappa shape index (κ2) is 17.8. The van der Waals surface area contributed by atoms with E-state index in [9.17, 15) is 0 Å². The standard InChI is InChI=1S/C20H34Cl8/c1-3-4-14(22)5-6-16(24)12-20(28)18(26)10-8-15(23)7-9-17(25)19(27)11-13(2)21/h13-20H,3-12H2,1-2H3. The van der Waals surface area contributed by atoms with Crippen LogP contribution >= 0.6 is 92.8 Å². The molecule has 0 amide bonds. The van der Waals surface area contributed by atoms with Crippen molar-refractivity contribution in [3.63, 3.8) is 0 Å². The number of hydrogen-bond donors (Lipinski definition) is 0. The van der Waals surface area contributed by atoms with Crippen molar-refractivity contribution in [3.05, 3.63) is 0 Å². The average molecular weight is 558 g/mol. The van der Waals surface area contributed by atoms with Crippen LogP contribution in [0, 0.1) is 0 Å². The molecule has 0 nitrogen and oxygen atoms in total. The molecule has 8 atom stereocenters. The van der Waals surface area contributed by atoms with Crippen LogP contribution in [0.25, 0.3) is 0 Å². The highest BCUT2D eigenvalue weighted by Gasteiger charge is 2.23. The van der Waals surface area contributed by atoms with Crippen LogP contribution < -0.4 is 0 Å². The van der Waals surface area contributed by atoms with E-state index in [4.69, 9.17) is 92.8 Å². The molecule has 28 heavy (non-hydrogen) atoms. The minimum absolute atomic E-state index is 0.00140. The minimum atomic E-state index is -0.175. The fraction of sp³-hybridized carbons (Fsp3) is 1.00. The maximum atomic E-state index is 6.47. The van der Waals surface area contributed by atoms with Gasteiger partial charge in [-0.15, -0.1) is 92.8 Å².